The topological polar surface area (TPSA) is 45.1 Å². The highest BCUT2D eigenvalue weighted by molar-refractivity contribution is 9.12. The van der Waals surface area contributed by atoms with E-state index in [9.17, 15) is 0 Å². The van der Waals surface area contributed by atoms with Crippen LogP contribution in [0, 0.1) is 5.41 Å². The standard InChI is InChI=1S/C14H23BrN2OSi/c1-11-5-6-12(14(16)13(11)15)9-17-10-18-7-8-19(2,3)4/h5-6,9,16-17H,7-8,10H2,1-4H3/b12-9-,16-14?. The Kier molecular flexibility index (Phi) is 6.23. The average Bonchev–Trinajstić information content (AvgIpc) is 2.32. The molecule has 0 aliphatic heterocycles. The van der Waals surface area contributed by atoms with Crippen LogP contribution in [-0.2, 0) is 4.74 Å². The normalized spacial score (nSPS) is 18.4. The first-order chi connectivity index (χ1) is 8.81. The first-order valence-corrected chi connectivity index (χ1v) is 11.0. The molecule has 19 heavy (non-hydrogen) atoms. The molecule has 0 saturated carbocycles. The van der Waals surface area contributed by atoms with Crippen molar-refractivity contribution in [2.75, 3.05) is 13.3 Å². The lowest BCUT2D eigenvalue weighted by Gasteiger charge is -2.15. The molecule has 0 aromatic carbocycles. The van der Waals surface area contributed by atoms with Gasteiger partial charge in [-0.3, -0.25) is 5.41 Å². The van der Waals surface area contributed by atoms with Crippen LogP contribution in [0.1, 0.15) is 6.92 Å². The van der Waals surface area contributed by atoms with E-state index in [1.807, 2.05) is 25.3 Å². The quantitative estimate of drug-likeness (QED) is 0.434. The van der Waals surface area contributed by atoms with Gasteiger partial charge in [-0.05, 0) is 34.5 Å². The minimum Gasteiger partial charge on any atom is -0.368 e. The van der Waals surface area contributed by atoms with Crippen LogP contribution in [0.3, 0.4) is 0 Å². The van der Waals surface area contributed by atoms with Gasteiger partial charge in [0, 0.05) is 30.9 Å². The minimum absolute atomic E-state index is 0.495. The number of hydrogen-bond donors (Lipinski definition) is 2. The van der Waals surface area contributed by atoms with Crippen molar-refractivity contribution in [3.63, 3.8) is 0 Å². The molecular formula is C14H23BrN2OSi. The van der Waals surface area contributed by atoms with Crippen LogP contribution in [-0.4, -0.2) is 27.1 Å². The van der Waals surface area contributed by atoms with Gasteiger partial charge in [0.25, 0.3) is 0 Å². The first-order valence-electron chi connectivity index (χ1n) is 6.46. The Morgan fingerprint density at radius 2 is 2.05 bits per heavy atom. The van der Waals surface area contributed by atoms with E-state index in [4.69, 9.17) is 10.1 Å². The summed E-state index contributed by atoms with van der Waals surface area (Å²) in [6, 6.07) is 1.18. The minimum atomic E-state index is -1.00. The van der Waals surface area contributed by atoms with Crippen LogP contribution in [0.15, 0.2) is 34.0 Å². The third-order valence-corrected chi connectivity index (χ3v) is 5.53. The van der Waals surface area contributed by atoms with Gasteiger partial charge in [0.15, 0.2) is 0 Å². The Labute approximate surface area is 125 Å². The predicted molar refractivity (Wildman–Crippen MR) is 88.7 cm³/mol. The third-order valence-electron chi connectivity index (χ3n) is 2.81. The molecule has 1 rings (SSSR count). The lowest BCUT2D eigenvalue weighted by molar-refractivity contribution is 0.137. The van der Waals surface area contributed by atoms with Gasteiger partial charge < -0.3 is 10.1 Å². The Morgan fingerprint density at radius 1 is 1.37 bits per heavy atom. The molecule has 1 aliphatic carbocycles. The summed E-state index contributed by atoms with van der Waals surface area (Å²) in [5.41, 5.74) is 2.45. The van der Waals surface area contributed by atoms with Crippen molar-refractivity contribution in [1.29, 1.82) is 5.41 Å². The average molecular weight is 343 g/mol. The molecule has 0 aromatic rings. The lowest BCUT2D eigenvalue weighted by atomic mass is 10.0. The van der Waals surface area contributed by atoms with E-state index < -0.39 is 8.07 Å². The Hall–Kier alpha value is -0.653. The summed E-state index contributed by atoms with van der Waals surface area (Å²) in [7, 11) is -1.00. The molecule has 5 heteroatoms. The number of halogens is 1. The molecule has 1 aliphatic rings. The van der Waals surface area contributed by atoms with Crippen LogP contribution in [0.25, 0.3) is 0 Å². The molecule has 0 fully saturated rings. The predicted octanol–water partition coefficient (Wildman–Crippen LogP) is 4.03. The summed E-state index contributed by atoms with van der Waals surface area (Å²) in [5.74, 6) is 0. The lowest BCUT2D eigenvalue weighted by Crippen LogP contribution is -2.23. The van der Waals surface area contributed by atoms with Gasteiger partial charge in [-0.15, -0.1) is 0 Å². The highest BCUT2D eigenvalue weighted by Crippen LogP contribution is 2.23. The second-order valence-corrected chi connectivity index (χ2v) is 12.3. The molecule has 0 heterocycles. The molecule has 0 spiro atoms. The van der Waals surface area contributed by atoms with Gasteiger partial charge in [-0.1, -0.05) is 31.8 Å². The molecule has 0 radical (unpaired) electrons. The van der Waals surface area contributed by atoms with Gasteiger partial charge >= 0.3 is 0 Å². The van der Waals surface area contributed by atoms with Crippen molar-refractivity contribution in [2.45, 2.75) is 32.6 Å². The SMILES string of the molecule is CC1=C(Br)C(=N)/C(=C\NCOCC[Si](C)(C)C)C=C1. The fraction of sp³-hybridized carbons (Fsp3) is 0.500. The zero-order chi connectivity index (χ0) is 14.5. The molecule has 0 unspecified atom stereocenters. The number of nitrogens with one attached hydrogen (secondary N) is 2. The van der Waals surface area contributed by atoms with Crippen molar-refractivity contribution in [1.82, 2.24) is 5.32 Å². The van der Waals surface area contributed by atoms with Crippen LogP contribution in [0.5, 0.6) is 0 Å². The van der Waals surface area contributed by atoms with Crippen molar-refractivity contribution < 1.29 is 4.74 Å². The van der Waals surface area contributed by atoms with E-state index in [-0.39, 0.29) is 0 Å². The maximum absolute atomic E-state index is 7.98. The maximum atomic E-state index is 7.98. The van der Waals surface area contributed by atoms with Crippen molar-refractivity contribution in [3.05, 3.63) is 34.0 Å². The zero-order valence-corrected chi connectivity index (χ0v) is 14.7. The van der Waals surface area contributed by atoms with E-state index in [0.717, 1.165) is 22.2 Å². The maximum Gasteiger partial charge on any atom is 0.116 e. The van der Waals surface area contributed by atoms with Crippen LogP contribution in [0.2, 0.25) is 25.7 Å². The summed E-state index contributed by atoms with van der Waals surface area (Å²) in [5, 5.41) is 11.1. The molecule has 0 saturated heterocycles. The molecule has 106 valence electrons. The summed E-state index contributed by atoms with van der Waals surface area (Å²) < 4.78 is 6.39. The van der Waals surface area contributed by atoms with Crippen molar-refractivity contribution in [2.24, 2.45) is 0 Å². The van der Waals surface area contributed by atoms with E-state index >= 15 is 0 Å². The van der Waals surface area contributed by atoms with E-state index in [2.05, 4.69) is 40.9 Å². The molecule has 0 bridgehead atoms. The van der Waals surface area contributed by atoms with Gasteiger partial charge in [0.2, 0.25) is 0 Å². The number of rotatable bonds is 6. The van der Waals surface area contributed by atoms with Crippen molar-refractivity contribution in [3.8, 4) is 0 Å². The van der Waals surface area contributed by atoms with Gasteiger partial charge in [-0.2, -0.15) is 0 Å². The molecular weight excluding hydrogens is 320 g/mol. The summed E-state index contributed by atoms with van der Waals surface area (Å²) in [6.07, 6.45) is 5.78. The van der Waals surface area contributed by atoms with Gasteiger partial charge in [-0.25, -0.2) is 0 Å². The Morgan fingerprint density at radius 3 is 2.68 bits per heavy atom. The fourth-order valence-electron chi connectivity index (χ4n) is 1.48. The molecule has 3 nitrogen and oxygen atoms in total. The summed E-state index contributed by atoms with van der Waals surface area (Å²) in [4.78, 5) is 0. The van der Waals surface area contributed by atoms with E-state index in [1.165, 1.54) is 6.04 Å². The Balaban J connectivity index is 2.32. The highest BCUT2D eigenvalue weighted by atomic mass is 79.9. The van der Waals surface area contributed by atoms with Crippen LogP contribution in [0.4, 0.5) is 0 Å². The highest BCUT2D eigenvalue weighted by Gasteiger charge is 2.13. The number of allylic oxidation sites excluding steroid dienone is 5. The molecule has 0 amide bonds. The summed E-state index contributed by atoms with van der Waals surface area (Å²) in [6.45, 7) is 10.3. The molecule has 0 aromatic heterocycles. The fourth-order valence-corrected chi connectivity index (χ4v) is 2.59. The monoisotopic (exact) mass is 342 g/mol. The van der Waals surface area contributed by atoms with Gasteiger partial charge in [0.1, 0.15) is 6.73 Å². The second kappa shape index (κ2) is 7.22. The Bertz CT molecular complexity index is 433. The van der Waals surface area contributed by atoms with Crippen LogP contribution >= 0.6 is 15.9 Å². The summed E-state index contributed by atoms with van der Waals surface area (Å²) >= 11 is 3.42. The third kappa shape index (κ3) is 5.89. The first kappa shape index (κ1) is 16.4. The van der Waals surface area contributed by atoms with E-state index in [1.54, 1.807) is 0 Å². The number of hydrogen-bond acceptors (Lipinski definition) is 3. The van der Waals surface area contributed by atoms with Gasteiger partial charge in [0.05, 0.1) is 5.71 Å². The van der Waals surface area contributed by atoms with E-state index in [0.29, 0.717) is 12.4 Å². The number of ether oxygens (including phenoxy) is 1. The second-order valence-electron chi connectivity index (χ2n) is 5.87. The largest absolute Gasteiger partial charge is 0.368 e. The van der Waals surface area contributed by atoms with Crippen molar-refractivity contribution >= 4 is 29.7 Å². The molecule has 0 atom stereocenters. The smallest absolute Gasteiger partial charge is 0.116 e. The molecule has 2 N–H and O–H groups in total. The van der Waals surface area contributed by atoms with Crippen LogP contribution < -0.4 is 5.32 Å². The zero-order valence-electron chi connectivity index (χ0n) is 12.1.